The first kappa shape index (κ1) is 18.9. The molecule has 1 rings (SSSR count). The molecule has 0 saturated carbocycles. The smallest absolute Gasteiger partial charge is 0.155 e. The van der Waals surface area contributed by atoms with E-state index in [0.29, 0.717) is 19.6 Å². The minimum Gasteiger partial charge on any atom is -0.383 e. The molecule has 0 radical (unpaired) electrons. The lowest BCUT2D eigenvalue weighted by molar-refractivity contribution is 0.0603. The Morgan fingerprint density at radius 3 is 2.52 bits per heavy atom. The van der Waals surface area contributed by atoms with E-state index in [1.54, 1.807) is 27.9 Å². The fraction of sp³-hybridized carbons (Fsp3) is 1.00. The van der Waals surface area contributed by atoms with Crippen LogP contribution in [0.25, 0.3) is 0 Å². The van der Waals surface area contributed by atoms with Crippen LogP contribution in [0.5, 0.6) is 0 Å². The van der Waals surface area contributed by atoms with Crippen molar-refractivity contribution in [3.63, 3.8) is 0 Å². The van der Waals surface area contributed by atoms with Gasteiger partial charge in [-0.15, -0.1) is 0 Å². The highest BCUT2D eigenvalue weighted by Gasteiger charge is 2.43. The summed E-state index contributed by atoms with van der Waals surface area (Å²) in [5, 5.41) is 3.37. The quantitative estimate of drug-likeness (QED) is 0.688. The van der Waals surface area contributed by atoms with Gasteiger partial charge in [-0.05, 0) is 40.5 Å². The summed E-state index contributed by atoms with van der Waals surface area (Å²) in [7, 11) is -1.41. The normalized spacial score (nSPS) is 27.2. The number of nitrogens with one attached hydrogen (secondary N) is 1. The number of hydrogen-bond acceptors (Lipinski definition) is 5. The maximum absolute atomic E-state index is 12.4. The number of ether oxygens (including phenoxy) is 2. The van der Waals surface area contributed by atoms with Crippen molar-refractivity contribution in [2.24, 2.45) is 5.41 Å². The number of methoxy groups -OCH3 is 1. The average molecular weight is 321 g/mol. The van der Waals surface area contributed by atoms with Crippen molar-refractivity contribution in [3.8, 4) is 0 Å². The zero-order valence-corrected chi connectivity index (χ0v) is 14.9. The van der Waals surface area contributed by atoms with E-state index in [9.17, 15) is 8.42 Å². The Kier molecular flexibility index (Phi) is 6.65. The molecule has 0 aromatic rings. The van der Waals surface area contributed by atoms with Crippen LogP contribution in [-0.4, -0.2) is 58.4 Å². The third kappa shape index (κ3) is 4.91. The largest absolute Gasteiger partial charge is 0.383 e. The van der Waals surface area contributed by atoms with Crippen molar-refractivity contribution in [2.75, 3.05) is 39.2 Å². The Labute approximate surface area is 129 Å². The Bertz CT molecular complexity index is 416. The predicted molar refractivity (Wildman–Crippen MR) is 85.4 cm³/mol. The van der Waals surface area contributed by atoms with Crippen LogP contribution in [0, 0.1) is 5.41 Å². The summed E-state index contributed by atoms with van der Waals surface area (Å²) in [6.07, 6.45) is 1.64. The Hall–Kier alpha value is -0.170. The van der Waals surface area contributed by atoms with Gasteiger partial charge in [-0.1, -0.05) is 0 Å². The molecule has 6 heteroatoms. The molecule has 1 fully saturated rings. The SMILES string of the molecule is COCCNCC1(CCS(=O)(=O)C(C)(C)C)CCOC1C. The van der Waals surface area contributed by atoms with Gasteiger partial charge in [0.15, 0.2) is 9.84 Å². The molecule has 0 aliphatic carbocycles. The minimum absolute atomic E-state index is 0.0858. The standard InChI is InChI=1S/C15H31NO4S/c1-13-15(6-9-20-13,12-16-8-10-19-5)7-11-21(17,18)14(2,3)4/h13,16H,6-12H2,1-5H3. The molecule has 2 atom stereocenters. The topological polar surface area (TPSA) is 64.6 Å². The zero-order chi connectivity index (χ0) is 16.1. The van der Waals surface area contributed by atoms with E-state index < -0.39 is 14.6 Å². The summed E-state index contributed by atoms with van der Waals surface area (Å²) < 4.78 is 34.8. The summed E-state index contributed by atoms with van der Waals surface area (Å²) >= 11 is 0. The second-order valence-electron chi connectivity index (χ2n) is 6.98. The molecule has 5 nitrogen and oxygen atoms in total. The van der Waals surface area contributed by atoms with Gasteiger partial charge in [-0.2, -0.15) is 0 Å². The van der Waals surface area contributed by atoms with Gasteiger partial charge in [0.1, 0.15) is 0 Å². The van der Waals surface area contributed by atoms with Crippen LogP contribution in [0.1, 0.15) is 40.5 Å². The van der Waals surface area contributed by atoms with Gasteiger partial charge in [-0.25, -0.2) is 8.42 Å². The first-order valence-electron chi connectivity index (χ1n) is 7.68. The van der Waals surface area contributed by atoms with Crippen LogP contribution < -0.4 is 5.32 Å². The molecule has 1 N–H and O–H groups in total. The van der Waals surface area contributed by atoms with Gasteiger partial charge in [0.2, 0.25) is 0 Å². The van der Waals surface area contributed by atoms with E-state index in [0.717, 1.165) is 19.5 Å². The van der Waals surface area contributed by atoms with Gasteiger partial charge < -0.3 is 14.8 Å². The number of sulfone groups is 1. The van der Waals surface area contributed by atoms with Gasteiger partial charge in [-0.3, -0.25) is 0 Å². The number of rotatable bonds is 8. The molecule has 0 amide bonds. The van der Waals surface area contributed by atoms with E-state index in [1.807, 2.05) is 0 Å². The van der Waals surface area contributed by atoms with Crippen LogP contribution in [0.4, 0.5) is 0 Å². The number of hydrogen-bond donors (Lipinski definition) is 1. The van der Waals surface area contributed by atoms with E-state index in [2.05, 4.69) is 12.2 Å². The fourth-order valence-corrected chi connectivity index (χ4v) is 3.91. The van der Waals surface area contributed by atoms with Gasteiger partial charge in [0.05, 0.1) is 23.2 Å². The summed E-state index contributed by atoms with van der Waals surface area (Å²) in [4.78, 5) is 0. The first-order valence-corrected chi connectivity index (χ1v) is 9.33. The molecule has 1 aliphatic heterocycles. The van der Waals surface area contributed by atoms with Crippen molar-refractivity contribution >= 4 is 9.84 Å². The van der Waals surface area contributed by atoms with Crippen molar-refractivity contribution in [3.05, 3.63) is 0 Å². The van der Waals surface area contributed by atoms with Crippen LogP contribution >= 0.6 is 0 Å². The fourth-order valence-electron chi connectivity index (χ4n) is 2.62. The molecule has 0 bridgehead atoms. The van der Waals surface area contributed by atoms with Crippen molar-refractivity contribution in [1.29, 1.82) is 0 Å². The summed E-state index contributed by atoms with van der Waals surface area (Å²) in [6, 6.07) is 0. The molecule has 1 aliphatic rings. The molecule has 1 saturated heterocycles. The maximum atomic E-state index is 12.4. The molecule has 0 aromatic heterocycles. The molecule has 2 unspecified atom stereocenters. The molecular weight excluding hydrogens is 290 g/mol. The Morgan fingerprint density at radius 1 is 1.38 bits per heavy atom. The molecule has 1 heterocycles. The van der Waals surface area contributed by atoms with E-state index in [1.165, 1.54) is 0 Å². The molecule has 21 heavy (non-hydrogen) atoms. The van der Waals surface area contributed by atoms with Crippen molar-refractivity contribution in [2.45, 2.75) is 51.4 Å². The molecule has 126 valence electrons. The van der Waals surface area contributed by atoms with Crippen LogP contribution in [0.3, 0.4) is 0 Å². The van der Waals surface area contributed by atoms with Gasteiger partial charge in [0.25, 0.3) is 0 Å². The van der Waals surface area contributed by atoms with Crippen LogP contribution in [0.15, 0.2) is 0 Å². The molecular formula is C15H31NO4S. The zero-order valence-electron chi connectivity index (χ0n) is 14.1. The summed E-state index contributed by atoms with van der Waals surface area (Å²) in [6.45, 7) is 10.3. The Balaban J connectivity index is 2.67. The molecule has 0 aromatic carbocycles. The highest BCUT2D eigenvalue weighted by molar-refractivity contribution is 7.92. The monoisotopic (exact) mass is 321 g/mol. The lowest BCUT2D eigenvalue weighted by Gasteiger charge is -2.33. The second kappa shape index (κ2) is 7.40. The molecule has 0 spiro atoms. The van der Waals surface area contributed by atoms with E-state index >= 15 is 0 Å². The van der Waals surface area contributed by atoms with Crippen molar-refractivity contribution < 1.29 is 17.9 Å². The average Bonchev–Trinajstić information content (AvgIpc) is 2.73. The first-order chi connectivity index (χ1) is 9.65. The van der Waals surface area contributed by atoms with Crippen LogP contribution in [-0.2, 0) is 19.3 Å². The third-order valence-corrected chi connectivity index (χ3v) is 7.20. The van der Waals surface area contributed by atoms with Gasteiger partial charge in [0, 0.05) is 32.2 Å². The van der Waals surface area contributed by atoms with E-state index in [-0.39, 0.29) is 17.3 Å². The second-order valence-corrected chi connectivity index (χ2v) is 9.84. The summed E-state index contributed by atoms with van der Waals surface area (Å²) in [5.41, 5.74) is -0.0912. The third-order valence-electron chi connectivity index (χ3n) is 4.59. The lowest BCUT2D eigenvalue weighted by atomic mass is 9.79. The minimum atomic E-state index is -3.09. The van der Waals surface area contributed by atoms with Gasteiger partial charge >= 0.3 is 0 Å². The Morgan fingerprint density at radius 2 is 2.05 bits per heavy atom. The lowest BCUT2D eigenvalue weighted by Crippen LogP contribution is -2.43. The summed E-state index contributed by atoms with van der Waals surface area (Å²) in [5.74, 6) is 0.218. The van der Waals surface area contributed by atoms with E-state index in [4.69, 9.17) is 9.47 Å². The highest BCUT2D eigenvalue weighted by atomic mass is 32.2. The maximum Gasteiger partial charge on any atom is 0.155 e. The predicted octanol–water partition coefficient (Wildman–Crippen LogP) is 1.62. The van der Waals surface area contributed by atoms with Crippen LogP contribution in [0.2, 0.25) is 0 Å². The van der Waals surface area contributed by atoms with Crippen molar-refractivity contribution in [1.82, 2.24) is 5.32 Å². The highest BCUT2D eigenvalue weighted by Crippen LogP contribution is 2.38.